The number of nitrogens with zero attached hydrogens (tertiary/aromatic N) is 4. The van der Waals surface area contributed by atoms with Gasteiger partial charge in [-0.05, 0) is 40.5 Å². The van der Waals surface area contributed by atoms with E-state index >= 15 is 0 Å². The summed E-state index contributed by atoms with van der Waals surface area (Å²) in [6.07, 6.45) is 8.01. The van der Waals surface area contributed by atoms with Crippen LogP contribution in [0.2, 0.25) is 0 Å². The molecule has 0 bridgehead atoms. The van der Waals surface area contributed by atoms with Gasteiger partial charge in [-0.25, -0.2) is 9.97 Å². The van der Waals surface area contributed by atoms with Crippen molar-refractivity contribution >= 4 is 21.8 Å². The zero-order valence-corrected chi connectivity index (χ0v) is 14.9. The van der Waals surface area contributed by atoms with E-state index in [1.165, 1.54) is 6.26 Å². The lowest BCUT2D eigenvalue weighted by atomic mass is 10.0. The highest BCUT2D eigenvalue weighted by Crippen LogP contribution is 2.26. The van der Waals surface area contributed by atoms with E-state index in [0.717, 1.165) is 22.5 Å². The maximum Gasteiger partial charge on any atom is 0.290 e. The van der Waals surface area contributed by atoms with Gasteiger partial charge in [-0.3, -0.25) is 9.78 Å². The number of furan rings is 1. The molecule has 1 aliphatic heterocycles. The molecule has 25 heavy (non-hydrogen) atoms. The minimum atomic E-state index is -0.108. The zero-order valence-electron chi connectivity index (χ0n) is 13.4. The van der Waals surface area contributed by atoms with Gasteiger partial charge in [0.15, 0.2) is 0 Å². The van der Waals surface area contributed by atoms with Gasteiger partial charge in [-0.1, -0.05) is 0 Å². The molecule has 0 spiro atoms. The molecule has 0 saturated heterocycles. The van der Waals surface area contributed by atoms with Gasteiger partial charge in [-0.2, -0.15) is 0 Å². The summed E-state index contributed by atoms with van der Waals surface area (Å²) >= 11 is 3.35. The Hall–Kier alpha value is -2.54. The first-order valence-corrected chi connectivity index (χ1v) is 8.79. The summed E-state index contributed by atoms with van der Waals surface area (Å²) in [5.74, 6) is 0.231. The summed E-state index contributed by atoms with van der Waals surface area (Å²) in [5, 5.41) is 0. The summed E-state index contributed by atoms with van der Waals surface area (Å²) in [6, 6.07) is 5.61. The molecule has 6 nitrogen and oxygen atoms in total. The molecule has 0 N–H and O–H groups in total. The third kappa shape index (κ3) is 3.07. The maximum atomic E-state index is 12.7. The Morgan fingerprint density at radius 1 is 1.12 bits per heavy atom. The predicted octanol–water partition coefficient (Wildman–Crippen LogP) is 3.14. The van der Waals surface area contributed by atoms with Gasteiger partial charge < -0.3 is 9.32 Å². The Labute approximate surface area is 153 Å². The molecule has 7 heteroatoms. The molecular weight excluding hydrogens is 384 g/mol. The minimum Gasteiger partial charge on any atom is -0.458 e. The van der Waals surface area contributed by atoms with Gasteiger partial charge in [-0.15, -0.1) is 0 Å². The number of halogens is 1. The van der Waals surface area contributed by atoms with Crippen LogP contribution in [-0.4, -0.2) is 38.8 Å². The summed E-state index contributed by atoms with van der Waals surface area (Å²) in [4.78, 5) is 27.5. The van der Waals surface area contributed by atoms with E-state index in [9.17, 15) is 4.79 Å². The van der Waals surface area contributed by atoms with E-state index < -0.39 is 0 Å². The number of hydrogen-bond donors (Lipinski definition) is 0. The molecule has 1 amide bonds. The Bertz CT molecular complexity index is 910. The van der Waals surface area contributed by atoms with Gasteiger partial charge >= 0.3 is 0 Å². The summed E-state index contributed by atoms with van der Waals surface area (Å²) in [6.45, 7) is 1.20. The SMILES string of the molecule is O=C(c1occc1Br)N1CCc2ncnc(-c3ccncc3)c2CC1. The van der Waals surface area contributed by atoms with Crippen molar-refractivity contribution in [3.05, 3.63) is 64.7 Å². The molecule has 0 radical (unpaired) electrons. The molecule has 0 aliphatic carbocycles. The number of amides is 1. The van der Waals surface area contributed by atoms with Crippen molar-refractivity contribution in [2.45, 2.75) is 12.8 Å². The minimum absolute atomic E-state index is 0.108. The number of carbonyl (C=O) groups excluding carboxylic acids is 1. The molecule has 0 unspecified atom stereocenters. The van der Waals surface area contributed by atoms with E-state index in [4.69, 9.17) is 4.42 Å². The monoisotopic (exact) mass is 398 g/mol. The van der Waals surface area contributed by atoms with Crippen molar-refractivity contribution in [1.29, 1.82) is 0 Å². The zero-order chi connectivity index (χ0) is 17.2. The lowest BCUT2D eigenvalue weighted by molar-refractivity contribution is 0.0729. The molecule has 4 heterocycles. The number of carbonyl (C=O) groups is 1. The normalized spacial score (nSPS) is 14.0. The van der Waals surface area contributed by atoms with E-state index in [1.807, 2.05) is 17.0 Å². The number of hydrogen-bond acceptors (Lipinski definition) is 5. The average Bonchev–Trinajstić information content (AvgIpc) is 2.96. The lowest BCUT2D eigenvalue weighted by Gasteiger charge is -2.18. The fourth-order valence-electron chi connectivity index (χ4n) is 3.08. The van der Waals surface area contributed by atoms with Gasteiger partial charge in [0.2, 0.25) is 5.76 Å². The van der Waals surface area contributed by atoms with E-state index in [0.29, 0.717) is 36.2 Å². The van der Waals surface area contributed by atoms with Crippen molar-refractivity contribution < 1.29 is 9.21 Å². The van der Waals surface area contributed by atoms with Gasteiger partial charge in [0.05, 0.1) is 16.4 Å². The standard InChI is InChI=1S/C18H15BrN4O2/c19-14-5-10-25-17(14)18(24)23-8-3-13-15(4-9-23)21-11-22-16(13)12-1-6-20-7-2-12/h1-2,5-7,10-11H,3-4,8-9H2. The van der Waals surface area contributed by atoms with Gasteiger partial charge in [0, 0.05) is 48.7 Å². The quantitative estimate of drug-likeness (QED) is 0.662. The second kappa shape index (κ2) is 6.76. The van der Waals surface area contributed by atoms with Crippen LogP contribution < -0.4 is 0 Å². The topological polar surface area (TPSA) is 72.1 Å². The largest absolute Gasteiger partial charge is 0.458 e. The van der Waals surface area contributed by atoms with Crippen molar-refractivity contribution in [2.24, 2.45) is 0 Å². The Balaban J connectivity index is 1.62. The molecule has 1 aliphatic rings. The molecule has 3 aromatic rings. The molecular formula is C18H15BrN4O2. The highest BCUT2D eigenvalue weighted by atomic mass is 79.9. The number of fused-ring (bicyclic) bond motifs is 1. The highest BCUT2D eigenvalue weighted by molar-refractivity contribution is 9.10. The van der Waals surface area contributed by atoms with Crippen LogP contribution in [0.5, 0.6) is 0 Å². The smallest absolute Gasteiger partial charge is 0.290 e. The molecule has 0 aromatic carbocycles. The second-order valence-corrected chi connectivity index (χ2v) is 6.63. The highest BCUT2D eigenvalue weighted by Gasteiger charge is 2.25. The first kappa shape index (κ1) is 16.0. The Morgan fingerprint density at radius 2 is 1.92 bits per heavy atom. The van der Waals surface area contributed by atoms with Crippen LogP contribution in [0.15, 0.2) is 52.1 Å². The second-order valence-electron chi connectivity index (χ2n) is 5.77. The van der Waals surface area contributed by atoms with Crippen LogP contribution in [0, 0.1) is 0 Å². The molecule has 3 aromatic heterocycles. The Kier molecular flexibility index (Phi) is 4.31. The maximum absolute atomic E-state index is 12.7. The van der Waals surface area contributed by atoms with E-state index in [-0.39, 0.29) is 5.91 Å². The number of pyridine rings is 1. The van der Waals surface area contributed by atoms with Crippen molar-refractivity contribution in [3.8, 4) is 11.3 Å². The number of rotatable bonds is 2. The van der Waals surface area contributed by atoms with E-state index in [2.05, 4.69) is 30.9 Å². The average molecular weight is 399 g/mol. The van der Waals surface area contributed by atoms with Crippen molar-refractivity contribution in [1.82, 2.24) is 19.9 Å². The molecule has 126 valence electrons. The molecule has 0 fully saturated rings. The fourth-order valence-corrected chi connectivity index (χ4v) is 3.45. The number of aromatic nitrogens is 3. The van der Waals surface area contributed by atoms with Gasteiger partial charge in [0.25, 0.3) is 5.91 Å². The third-order valence-electron chi connectivity index (χ3n) is 4.34. The lowest BCUT2D eigenvalue weighted by Crippen LogP contribution is -2.33. The molecule has 4 rings (SSSR count). The summed E-state index contributed by atoms with van der Waals surface area (Å²) in [7, 11) is 0. The van der Waals surface area contributed by atoms with Crippen molar-refractivity contribution in [2.75, 3.05) is 13.1 Å². The van der Waals surface area contributed by atoms with Crippen LogP contribution in [-0.2, 0) is 12.8 Å². The van der Waals surface area contributed by atoms with Crippen molar-refractivity contribution in [3.63, 3.8) is 0 Å². The van der Waals surface area contributed by atoms with Crippen LogP contribution >= 0.6 is 15.9 Å². The van der Waals surface area contributed by atoms with Crippen LogP contribution in [0.1, 0.15) is 21.8 Å². The van der Waals surface area contributed by atoms with Gasteiger partial charge in [0.1, 0.15) is 6.33 Å². The molecule has 0 atom stereocenters. The Morgan fingerprint density at radius 3 is 2.68 bits per heavy atom. The first-order valence-electron chi connectivity index (χ1n) is 7.99. The first-order chi connectivity index (χ1) is 12.2. The fraction of sp³-hybridized carbons (Fsp3) is 0.222. The third-order valence-corrected chi connectivity index (χ3v) is 4.96. The molecule has 0 saturated carbocycles. The van der Waals surface area contributed by atoms with Crippen LogP contribution in [0.25, 0.3) is 11.3 Å². The van der Waals surface area contributed by atoms with Crippen LogP contribution in [0.4, 0.5) is 0 Å². The predicted molar refractivity (Wildman–Crippen MR) is 95.0 cm³/mol. The van der Waals surface area contributed by atoms with Crippen LogP contribution in [0.3, 0.4) is 0 Å². The summed E-state index contributed by atoms with van der Waals surface area (Å²) < 4.78 is 5.99. The summed E-state index contributed by atoms with van der Waals surface area (Å²) in [5.41, 5.74) is 4.03. The van der Waals surface area contributed by atoms with E-state index in [1.54, 1.807) is 24.8 Å².